The van der Waals surface area contributed by atoms with Crippen LogP contribution in [0.1, 0.15) is 0 Å². The summed E-state index contributed by atoms with van der Waals surface area (Å²) >= 11 is 0. The van der Waals surface area contributed by atoms with Crippen molar-refractivity contribution in [3.63, 3.8) is 0 Å². The van der Waals surface area contributed by atoms with Gasteiger partial charge in [-0.2, -0.15) is 0 Å². The van der Waals surface area contributed by atoms with Gasteiger partial charge in [0.25, 0.3) is 0 Å². The van der Waals surface area contributed by atoms with E-state index in [1.54, 1.807) is 0 Å². The lowest BCUT2D eigenvalue weighted by molar-refractivity contribution is -0.415. The molecule has 0 aromatic rings. The van der Waals surface area contributed by atoms with Gasteiger partial charge in [-0.3, -0.25) is 9.05 Å². The first kappa shape index (κ1) is 9.07. The molecule has 3 N–H and O–H groups in total. The largest absolute Gasteiger partial charge is 0.478 e. The van der Waals surface area contributed by atoms with Gasteiger partial charge in [0.05, 0.1) is 0 Å². The SMILES string of the molecule is COP(=O)(OC)OC[NH3+]. The minimum absolute atomic E-state index is 0.0684. The highest BCUT2D eigenvalue weighted by atomic mass is 31.2. The summed E-state index contributed by atoms with van der Waals surface area (Å²) in [7, 11) is -0.744. The summed E-state index contributed by atoms with van der Waals surface area (Å²) in [5, 5.41) is 0. The van der Waals surface area contributed by atoms with Gasteiger partial charge in [-0.15, -0.1) is 0 Å². The van der Waals surface area contributed by atoms with Gasteiger partial charge in [0.1, 0.15) is 0 Å². The van der Waals surface area contributed by atoms with Crippen molar-refractivity contribution < 1.29 is 23.9 Å². The van der Waals surface area contributed by atoms with Crippen molar-refractivity contribution in [2.75, 3.05) is 21.0 Å². The number of hydrogen-bond donors (Lipinski definition) is 1. The van der Waals surface area contributed by atoms with Crippen LogP contribution >= 0.6 is 7.82 Å². The van der Waals surface area contributed by atoms with E-state index in [9.17, 15) is 4.57 Å². The summed E-state index contributed by atoms with van der Waals surface area (Å²) < 4.78 is 24.2. The van der Waals surface area contributed by atoms with Gasteiger partial charge in [0.2, 0.25) is 0 Å². The monoisotopic (exact) mass is 156 g/mol. The first-order valence-electron chi connectivity index (χ1n) is 2.34. The van der Waals surface area contributed by atoms with E-state index in [0.29, 0.717) is 0 Å². The van der Waals surface area contributed by atoms with E-state index < -0.39 is 7.82 Å². The molecule has 0 bridgehead atoms. The molecule has 5 nitrogen and oxygen atoms in total. The second kappa shape index (κ2) is 3.98. The number of quaternary nitrogens is 1. The molecule has 0 aliphatic rings. The summed E-state index contributed by atoms with van der Waals surface area (Å²) in [4.78, 5) is 0. The molecule has 0 saturated carbocycles. The van der Waals surface area contributed by atoms with E-state index in [0.717, 1.165) is 0 Å². The normalized spacial score (nSPS) is 11.9. The van der Waals surface area contributed by atoms with Crippen molar-refractivity contribution in [1.29, 1.82) is 0 Å². The van der Waals surface area contributed by atoms with Crippen LogP contribution in [0.4, 0.5) is 0 Å². The molecule has 0 heterocycles. The minimum atomic E-state index is -3.24. The molecule has 9 heavy (non-hydrogen) atoms. The fraction of sp³-hybridized carbons (Fsp3) is 1.00. The molecule has 0 spiro atoms. The molecule has 0 rings (SSSR count). The third kappa shape index (κ3) is 2.93. The maximum atomic E-state index is 10.8. The molecule has 0 radical (unpaired) electrons. The van der Waals surface area contributed by atoms with Crippen LogP contribution < -0.4 is 5.73 Å². The van der Waals surface area contributed by atoms with Gasteiger partial charge in [-0.25, -0.2) is 9.09 Å². The fourth-order valence-corrected chi connectivity index (χ4v) is 0.875. The van der Waals surface area contributed by atoms with Crippen LogP contribution in [0.5, 0.6) is 0 Å². The highest BCUT2D eigenvalue weighted by Crippen LogP contribution is 2.46. The molecule has 0 saturated heterocycles. The van der Waals surface area contributed by atoms with E-state index in [1.165, 1.54) is 14.2 Å². The first-order valence-corrected chi connectivity index (χ1v) is 3.80. The van der Waals surface area contributed by atoms with Gasteiger partial charge in [0, 0.05) is 14.2 Å². The minimum Gasteiger partial charge on any atom is -0.335 e. The van der Waals surface area contributed by atoms with Gasteiger partial charge < -0.3 is 5.73 Å². The Morgan fingerprint density at radius 2 is 1.89 bits per heavy atom. The summed E-state index contributed by atoms with van der Waals surface area (Å²) in [6.07, 6.45) is 0. The van der Waals surface area contributed by atoms with E-state index in [-0.39, 0.29) is 6.73 Å². The predicted molar refractivity (Wildman–Crippen MR) is 30.5 cm³/mol. The zero-order valence-corrected chi connectivity index (χ0v) is 6.39. The topological polar surface area (TPSA) is 72.4 Å². The summed E-state index contributed by atoms with van der Waals surface area (Å²) in [5.41, 5.74) is 3.31. The molecule has 6 heteroatoms. The van der Waals surface area contributed by atoms with Crippen molar-refractivity contribution >= 4 is 7.82 Å². The Hall–Kier alpha value is 0.0700. The molecular formula is C3H11NO4P+. The summed E-state index contributed by atoms with van der Waals surface area (Å²) in [6.45, 7) is 0.0684. The third-order valence-electron chi connectivity index (χ3n) is 0.697. The first-order chi connectivity index (χ1) is 4.18. The number of hydrogen-bond acceptors (Lipinski definition) is 4. The van der Waals surface area contributed by atoms with E-state index >= 15 is 0 Å². The van der Waals surface area contributed by atoms with Crippen LogP contribution in [0.2, 0.25) is 0 Å². The molecule has 0 aliphatic heterocycles. The van der Waals surface area contributed by atoms with Crippen molar-refractivity contribution in [3.05, 3.63) is 0 Å². The smallest absolute Gasteiger partial charge is 0.335 e. The maximum Gasteiger partial charge on any atom is 0.478 e. The van der Waals surface area contributed by atoms with E-state index in [4.69, 9.17) is 0 Å². The van der Waals surface area contributed by atoms with Crippen molar-refractivity contribution in [1.82, 2.24) is 0 Å². The Labute approximate surface area is 53.7 Å². The highest BCUT2D eigenvalue weighted by molar-refractivity contribution is 7.48. The van der Waals surface area contributed by atoms with Crippen LogP contribution in [0.3, 0.4) is 0 Å². The van der Waals surface area contributed by atoms with Crippen LogP contribution in [0.15, 0.2) is 0 Å². The Bertz CT molecular complexity index is 108. The molecular weight excluding hydrogens is 145 g/mol. The number of phosphoric ester groups is 1. The Morgan fingerprint density at radius 3 is 2.00 bits per heavy atom. The van der Waals surface area contributed by atoms with Crippen molar-refractivity contribution in [2.24, 2.45) is 0 Å². The van der Waals surface area contributed by atoms with Crippen molar-refractivity contribution in [2.45, 2.75) is 0 Å². The van der Waals surface area contributed by atoms with Gasteiger partial charge >= 0.3 is 7.82 Å². The average molecular weight is 156 g/mol. The highest BCUT2D eigenvalue weighted by Gasteiger charge is 2.21. The zero-order chi connectivity index (χ0) is 7.33. The van der Waals surface area contributed by atoms with Crippen LogP contribution in [-0.2, 0) is 18.1 Å². The molecule has 0 amide bonds. The molecule has 0 aromatic carbocycles. The number of phosphoric acid groups is 1. The van der Waals surface area contributed by atoms with Crippen LogP contribution in [-0.4, -0.2) is 21.0 Å². The predicted octanol–water partition coefficient (Wildman–Crippen LogP) is -0.397. The van der Waals surface area contributed by atoms with Gasteiger partial charge in [-0.1, -0.05) is 0 Å². The van der Waals surface area contributed by atoms with Crippen LogP contribution in [0, 0.1) is 0 Å². The van der Waals surface area contributed by atoms with Gasteiger partial charge in [-0.05, 0) is 0 Å². The summed E-state index contributed by atoms with van der Waals surface area (Å²) in [6, 6.07) is 0. The van der Waals surface area contributed by atoms with E-state index in [2.05, 4.69) is 19.3 Å². The summed E-state index contributed by atoms with van der Waals surface area (Å²) in [5.74, 6) is 0. The van der Waals surface area contributed by atoms with Gasteiger partial charge in [0.15, 0.2) is 6.73 Å². The lowest BCUT2D eigenvalue weighted by Crippen LogP contribution is -2.51. The molecule has 0 atom stereocenters. The Balaban J connectivity index is 3.78. The average Bonchev–Trinajstić information content (AvgIpc) is 1.89. The Kier molecular flexibility index (Phi) is 4.01. The zero-order valence-electron chi connectivity index (χ0n) is 5.49. The molecule has 0 aliphatic carbocycles. The lowest BCUT2D eigenvalue weighted by Gasteiger charge is -2.09. The standard InChI is InChI=1S/C3H10NO4P/c1-6-9(5,7-2)8-3-4/h3-4H2,1-2H3/p+1. The van der Waals surface area contributed by atoms with Crippen molar-refractivity contribution in [3.8, 4) is 0 Å². The van der Waals surface area contributed by atoms with E-state index in [1.807, 2.05) is 0 Å². The molecule has 0 unspecified atom stereocenters. The third-order valence-corrected chi connectivity index (χ3v) is 2.09. The lowest BCUT2D eigenvalue weighted by atomic mass is 11.4. The molecule has 0 fully saturated rings. The fourth-order valence-electron chi connectivity index (χ4n) is 0.292. The second-order valence-electron chi connectivity index (χ2n) is 1.15. The Morgan fingerprint density at radius 1 is 1.44 bits per heavy atom. The van der Waals surface area contributed by atoms with Crippen LogP contribution in [0.25, 0.3) is 0 Å². The number of rotatable bonds is 4. The maximum absolute atomic E-state index is 10.8. The quantitative estimate of drug-likeness (QED) is 0.444. The molecule has 56 valence electrons. The molecule has 0 aromatic heterocycles. The second-order valence-corrected chi connectivity index (χ2v) is 3.03.